The molecular weight excluding hydrogens is 142 g/mol. The van der Waals surface area contributed by atoms with Gasteiger partial charge >= 0.3 is 5.97 Å². The second-order valence-corrected chi connectivity index (χ2v) is 2.94. The van der Waals surface area contributed by atoms with Crippen molar-refractivity contribution in [3.05, 3.63) is 0 Å². The Hall–Kier alpha value is -0.570. The van der Waals surface area contributed by atoms with E-state index in [9.17, 15) is 4.79 Å². The van der Waals surface area contributed by atoms with E-state index in [1.807, 2.05) is 13.8 Å². The second-order valence-electron chi connectivity index (χ2n) is 2.94. The van der Waals surface area contributed by atoms with E-state index in [0.717, 1.165) is 0 Å². The average molecular weight is 159 g/mol. The molecule has 0 spiro atoms. The van der Waals surface area contributed by atoms with Crippen molar-refractivity contribution in [2.75, 3.05) is 6.61 Å². The Morgan fingerprint density at radius 1 is 1.55 bits per heavy atom. The van der Waals surface area contributed by atoms with E-state index in [4.69, 9.17) is 10.5 Å². The van der Waals surface area contributed by atoms with E-state index in [1.165, 1.54) is 0 Å². The molecule has 0 amide bonds. The van der Waals surface area contributed by atoms with Gasteiger partial charge in [0.15, 0.2) is 0 Å². The van der Waals surface area contributed by atoms with Crippen LogP contribution in [-0.2, 0) is 9.53 Å². The van der Waals surface area contributed by atoms with Crippen LogP contribution in [0.2, 0.25) is 0 Å². The van der Waals surface area contributed by atoms with E-state index in [1.54, 1.807) is 6.92 Å². The zero-order chi connectivity index (χ0) is 8.85. The highest BCUT2D eigenvalue weighted by atomic mass is 16.5. The van der Waals surface area contributed by atoms with Crippen LogP contribution in [0.15, 0.2) is 0 Å². The minimum atomic E-state index is -0.180. The number of rotatable bonds is 4. The Labute approximate surface area is 67.9 Å². The van der Waals surface area contributed by atoms with Crippen molar-refractivity contribution in [2.24, 2.45) is 11.7 Å². The molecule has 0 heterocycles. The molecule has 3 nitrogen and oxygen atoms in total. The lowest BCUT2D eigenvalue weighted by Gasteiger charge is -2.14. The molecule has 0 bridgehead atoms. The Balaban J connectivity index is 3.45. The van der Waals surface area contributed by atoms with E-state index in [0.29, 0.717) is 18.9 Å². The van der Waals surface area contributed by atoms with Crippen molar-refractivity contribution < 1.29 is 9.53 Å². The number of carbonyl (C=O) groups is 1. The summed E-state index contributed by atoms with van der Waals surface area (Å²) in [7, 11) is 0. The lowest BCUT2D eigenvalue weighted by atomic mass is 10.1. The average Bonchev–Trinajstić information content (AvgIpc) is 1.99. The molecule has 0 aromatic carbocycles. The molecule has 0 saturated carbocycles. The van der Waals surface area contributed by atoms with Crippen LogP contribution in [0.3, 0.4) is 0 Å². The Morgan fingerprint density at radius 2 is 2.09 bits per heavy atom. The summed E-state index contributed by atoms with van der Waals surface area (Å²) >= 11 is 0. The summed E-state index contributed by atoms with van der Waals surface area (Å²) in [6.07, 6.45) is 0.421. The lowest BCUT2D eigenvalue weighted by Crippen LogP contribution is -2.32. The van der Waals surface area contributed by atoms with Crippen molar-refractivity contribution in [3.8, 4) is 0 Å². The molecule has 0 saturated heterocycles. The second kappa shape index (κ2) is 5.13. The third kappa shape index (κ3) is 4.79. The normalized spacial score (nSPS) is 13.2. The standard InChI is InChI=1S/C8H17NO2/c1-4-8(10)11-5-7(9)6(2)3/h6-7H,4-5,9H2,1-3H3/t7-/m1/s1. The maximum Gasteiger partial charge on any atom is 0.305 e. The third-order valence-corrected chi connectivity index (χ3v) is 1.58. The maximum atomic E-state index is 10.7. The molecule has 1 atom stereocenters. The van der Waals surface area contributed by atoms with Crippen molar-refractivity contribution in [1.82, 2.24) is 0 Å². The predicted molar refractivity (Wildman–Crippen MR) is 44.1 cm³/mol. The van der Waals surface area contributed by atoms with E-state index in [-0.39, 0.29) is 12.0 Å². The van der Waals surface area contributed by atoms with Gasteiger partial charge in [0.2, 0.25) is 0 Å². The fraction of sp³-hybridized carbons (Fsp3) is 0.875. The van der Waals surface area contributed by atoms with Gasteiger partial charge in [-0.1, -0.05) is 20.8 Å². The summed E-state index contributed by atoms with van der Waals surface area (Å²) in [6, 6.07) is -0.0366. The van der Waals surface area contributed by atoms with Gasteiger partial charge < -0.3 is 10.5 Å². The fourth-order valence-electron chi connectivity index (χ4n) is 0.484. The molecule has 0 unspecified atom stereocenters. The van der Waals surface area contributed by atoms with E-state index >= 15 is 0 Å². The third-order valence-electron chi connectivity index (χ3n) is 1.58. The first kappa shape index (κ1) is 10.4. The number of nitrogens with two attached hydrogens (primary N) is 1. The van der Waals surface area contributed by atoms with Crippen LogP contribution in [0, 0.1) is 5.92 Å². The van der Waals surface area contributed by atoms with E-state index in [2.05, 4.69) is 0 Å². The van der Waals surface area contributed by atoms with Crippen molar-refractivity contribution in [3.63, 3.8) is 0 Å². The van der Waals surface area contributed by atoms with Crippen molar-refractivity contribution in [2.45, 2.75) is 33.2 Å². The molecule has 66 valence electrons. The van der Waals surface area contributed by atoms with E-state index < -0.39 is 0 Å². The van der Waals surface area contributed by atoms with Gasteiger partial charge in [0.1, 0.15) is 6.61 Å². The van der Waals surface area contributed by atoms with Crippen LogP contribution in [0.5, 0.6) is 0 Å². The van der Waals surface area contributed by atoms with Crippen molar-refractivity contribution in [1.29, 1.82) is 0 Å². The smallest absolute Gasteiger partial charge is 0.305 e. The summed E-state index contributed by atoms with van der Waals surface area (Å²) in [4.78, 5) is 10.7. The zero-order valence-electron chi connectivity index (χ0n) is 7.46. The SMILES string of the molecule is CCC(=O)OC[C@@H](N)C(C)C. The maximum absolute atomic E-state index is 10.7. The Morgan fingerprint density at radius 3 is 2.45 bits per heavy atom. The van der Waals surface area contributed by atoms with Gasteiger partial charge in [0.05, 0.1) is 0 Å². The summed E-state index contributed by atoms with van der Waals surface area (Å²) in [6.45, 7) is 6.11. The number of esters is 1. The topological polar surface area (TPSA) is 52.3 Å². The number of carbonyl (C=O) groups excluding carboxylic acids is 1. The summed E-state index contributed by atoms with van der Waals surface area (Å²) < 4.78 is 4.85. The summed E-state index contributed by atoms with van der Waals surface area (Å²) in [5.74, 6) is 0.181. The van der Waals surface area contributed by atoms with Gasteiger partial charge in [-0.25, -0.2) is 0 Å². The quantitative estimate of drug-likeness (QED) is 0.621. The molecular formula is C8H17NO2. The van der Waals surface area contributed by atoms with Gasteiger partial charge in [-0.3, -0.25) is 4.79 Å². The first-order chi connectivity index (χ1) is 5.07. The molecule has 0 aromatic heterocycles. The van der Waals surface area contributed by atoms with Gasteiger partial charge in [-0.05, 0) is 5.92 Å². The van der Waals surface area contributed by atoms with Crippen LogP contribution in [-0.4, -0.2) is 18.6 Å². The first-order valence-electron chi connectivity index (χ1n) is 3.99. The van der Waals surface area contributed by atoms with Gasteiger partial charge in [-0.15, -0.1) is 0 Å². The molecule has 0 aliphatic carbocycles. The molecule has 0 aromatic rings. The minimum absolute atomic E-state index is 0.0366. The largest absolute Gasteiger partial charge is 0.464 e. The van der Waals surface area contributed by atoms with Gasteiger partial charge in [0.25, 0.3) is 0 Å². The van der Waals surface area contributed by atoms with Gasteiger partial charge in [-0.2, -0.15) is 0 Å². The number of hydrogen-bond acceptors (Lipinski definition) is 3. The summed E-state index contributed by atoms with van der Waals surface area (Å²) in [5.41, 5.74) is 5.64. The highest BCUT2D eigenvalue weighted by Crippen LogP contribution is 1.98. The molecule has 0 radical (unpaired) electrons. The van der Waals surface area contributed by atoms with Crippen LogP contribution in [0.25, 0.3) is 0 Å². The molecule has 0 aliphatic rings. The van der Waals surface area contributed by atoms with Crippen LogP contribution in [0.4, 0.5) is 0 Å². The Kier molecular flexibility index (Phi) is 4.86. The number of ether oxygens (including phenoxy) is 1. The molecule has 2 N–H and O–H groups in total. The van der Waals surface area contributed by atoms with Gasteiger partial charge in [0, 0.05) is 12.5 Å². The van der Waals surface area contributed by atoms with Crippen LogP contribution < -0.4 is 5.73 Å². The lowest BCUT2D eigenvalue weighted by molar-refractivity contribution is -0.144. The minimum Gasteiger partial charge on any atom is -0.464 e. The fourth-order valence-corrected chi connectivity index (χ4v) is 0.484. The molecule has 0 rings (SSSR count). The highest BCUT2D eigenvalue weighted by Gasteiger charge is 2.09. The molecule has 0 fully saturated rings. The van der Waals surface area contributed by atoms with Crippen LogP contribution >= 0.6 is 0 Å². The van der Waals surface area contributed by atoms with Crippen molar-refractivity contribution >= 4 is 5.97 Å². The highest BCUT2D eigenvalue weighted by molar-refractivity contribution is 5.68. The molecule has 0 aliphatic heterocycles. The monoisotopic (exact) mass is 159 g/mol. The Bertz CT molecular complexity index is 123. The number of hydrogen-bond donors (Lipinski definition) is 1. The first-order valence-corrected chi connectivity index (χ1v) is 3.99. The molecule has 11 heavy (non-hydrogen) atoms. The zero-order valence-corrected chi connectivity index (χ0v) is 7.46. The van der Waals surface area contributed by atoms with Crippen LogP contribution in [0.1, 0.15) is 27.2 Å². The molecule has 3 heteroatoms. The summed E-state index contributed by atoms with van der Waals surface area (Å²) in [5, 5.41) is 0. The predicted octanol–water partition coefficient (Wildman–Crippen LogP) is 0.923.